The first-order valence-corrected chi connectivity index (χ1v) is 4.19. The fourth-order valence-corrected chi connectivity index (χ4v) is 1.24. The van der Waals surface area contributed by atoms with Crippen LogP contribution in [0.5, 0.6) is 0 Å². The highest BCUT2D eigenvalue weighted by molar-refractivity contribution is 5.21. The molecule has 1 rings (SSSR count). The quantitative estimate of drug-likeness (QED) is 0.808. The molecule has 0 aliphatic carbocycles. The summed E-state index contributed by atoms with van der Waals surface area (Å²) in [6.45, 7) is 3.32. The average molecular weight is 207 g/mol. The van der Waals surface area contributed by atoms with E-state index in [1.165, 1.54) is 0 Å². The predicted octanol–water partition coefficient (Wildman–Crippen LogP) is 2.33. The molecule has 2 nitrogen and oxygen atoms in total. The lowest BCUT2D eigenvalue weighted by Gasteiger charge is -2.14. The van der Waals surface area contributed by atoms with E-state index in [2.05, 4.69) is 0 Å². The maximum Gasteiger partial charge on any atom is 0.403 e. The van der Waals surface area contributed by atoms with Crippen molar-refractivity contribution < 1.29 is 17.6 Å². The summed E-state index contributed by atoms with van der Waals surface area (Å²) in [6.07, 6.45) is -4.58. The van der Waals surface area contributed by atoms with Crippen molar-refractivity contribution in [3.8, 4) is 0 Å². The van der Waals surface area contributed by atoms with Gasteiger partial charge in [0.2, 0.25) is 0 Å². The van der Waals surface area contributed by atoms with Crippen molar-refractivity contribution in [2.75, 3.05) is 0 Å². The summed E-state index contributed by atoms with van der Waals surface area (Å²) >= 11 is 0. The van der Waals surface area contributed by atoms with Crippen molar-refractivity contribution in [2.45, 2.75) is 32.5 Å². The van der Waals surface area contributed by atoms with Gasteiger partial charge in [-0.15, -0.1) is 0 Å². The molecule has 1 aromatic heterocycles. The number of aryl methyl sites for hydroxylation is 2. The lowest BCUT2D eigenvalue weighted by molar-refractivity contribution is -0.147. The molecular formula is C9H12F3NO. The molecule has 0 fully saturated rings. The Morgan fingerprint density at radius 1 is 1.43 bits per heavy atom. The van der Waals surface area contributed by atoms with Crippen molar-refractivity contribution >= 4 is 0 Å². The highest BCUT2D eigenvalue weighted by Crippen LogP contribution is 2.23. The zero-order chi connectivity index (χ0) is 10.9. The van der Waals surface area contributed by atoms with Crippen LogP contribution in [-0.4, -0.2) is 12.2 Å². The predicted molar refractivity (Wildman–Crippen MR) is 45.9 cm³/mol. The molecule has 1 atom stereocenters. The van der Waals surface area contributed by atoms with Crippen molar-refractivity contribution in [3.05, 3.63) is 23.2 Å². The average Bonchev–Trinajstić information content (AvgIpc) is 2.28. The summed E-state index contributed by atoms with van der Waals surface area (Å²) in [6, 6.07) is -0.237. The zero-order valence-electron chi connectivity index (χ0n) is 7.98. The highest BCUT2D eigenvalue weighted by Gasteiger charge is 2.37. The summed E-state index contributed by atoms with van der Waals surface area (Å²) in [5.41, 5.74) is 5.51. The van der Waals surface area contributed by atoms with Crippen LogP contribution in [0.3, 0.4) is 0 Å². The second-order valence-electron chi connectivity index (χ2n) is 3.29. The number of rotatable bonds is 2. The van der Waals surface area contributed by atoms with Crippen LogP contribution >= 0.6 is 0 Å². The first-order valence-electron chi connectivity index (χ1n) is 4.19. The van der Waals surface area contributed by atoms with Crippen LogP contribution in [0.25, 0.3) is 0 Å². The Kier molecular flexibility index (Phi) is 2.89. The summed E-state index contributed by atoms with van der Waals surface area (Å²) in [5.74, 6) is 1.11. The van der Waals surface area contributed by atoms with Crippen LogP contribution in [0.2, 0.25) is 0 Å². The number of nitrogens with two attached hydrogens (primary N) is 1. The van der Waals surface area contributed by atoms with Gasteiger partial charge in [-0.2, -0.15) is 13.2 Å². The first kappa shape index (κ1) is 11.1. The Bertz CT molecular complexity index is 316. The van der Waals surface area contributed by atoms with Crippen molar-refractivity contribution in [1.82, 2.24) is 0 Å². The molecule has 0 amide bonds. The number of hydrogen-bond acceptors (Lipinski definition) is 2. The molecule has 0 spiro atoms. The molecule has 0 saturated heterocycles. The summed E-state index contributed by atoms with van der Waals surface area (Å²) < 4.78 is 41.5. The molecular weight excluding hydrogens is 195 g/mol. The molecule has 5 heteroatoms. The normalized spacial score (nSPS) is 14.4. The number of alkyl halides is 3. The molecule has 1 heterocycles. The largest absolute Gasteiger partial charge is 0.466 e. The fourth-order valence-electron chi connectivity index (χ4n) is 1.24. The summed E-state index contributed by atoms with van der Waals surface area (Å²) in [7, 11) is 0. The van der Waals surface area contributed by atoms with E-state index in [0.717, 1.165) is 0 Å². The summed E-state index contributed by atoms with van der Waals surface area (Å²) in [4.78, 5) is 0. The molecule has 0 bridgehead atoms. The van der Waals surface area contributed by atoms with Gasteiger partial charge < -0.3 is 10.2 Å². The van der Waals surface area contributed by atoms with Crippen LogP contribution in [0.1, 0.15) is 17.1 Å². The van der Waals surface area contributed by atoms with E-state index in [4.69, 9.17) is 10.2 Å². The smallest absolute Gasteiger partial charge is 0.403 e. The van der Waals surface area contributed by atoms with Crippen molar-refractivity contribution in [1.29, 1.82) is 0 Å². The lowest BCUT2D eigenvalue weighted by Crippen LogP contribution is -2.39. The monoisotopic (exact) mass is 207 g/mol. The Morgan fingerprint density at radius 2 is 2.00 bits per heavy atom. The second kappa shape index (κ2) is 3.65. The maximum atomic E-state index is 12.1. The van der Waals surface area contributed by atoms with E-state index in [-0.39, 0.29) is 6.42 Å². The van der Waals surface area contributed by atoms with Gasteiger partial charge in [-0.25, -0.2) is 0 Å². The fraction of sp³-hybridized carbons (Fsp3) is 0.556. The van der Waals surface area contributed by atoms with Gasteiger partial charge in [0, 0.05) is 0 Å². The van der Waals surface area contributed by atoms with Crippen LogP contribution < -0.4 is 5.73 Å². The molecule has 0 radical (unpaired) electrons. The molecule has 0 aliphatic rings. The molecule has 0 aliphatic heterocycles. The van der Waals surface area contributed by atoms with Gasteiger partial charge in [-0.05, 0) is 31.9 Å². The zero-order valence-corrected chi connectivity index (χ0v) is 7.98. The van der Waals surface area contributed by atoms with E-state index < -0.39 is 12.2 Å². The molecule has 2 N–H and O–H groups in total. The minimum Gasteiger partial charge on any atom is -0.466 e. The Morgan fingerprint density at radius 3 is 2.36 bits per heavy atom. The van der Waals surface area contributed by atoms with Gasteiger partial charge in [0.1, 0.15) is 17.6 Å². The third-order valence-electron chi connectivity index (χ3n) is 2.00. The standard InChI is InChI=1S/C9H12F3NO/c1-5-3-7(6(2)14-5)4-8(13)9(10,11)12/h3,8H,4,13H2,1-2H3. The van der Waals surface area contributed by atoms with E-state index in [9.17, 15) is 13.2 Å². The second-order valence-corrected chi connectivity index (χ2v) is 3.29. The van der Waals surface area contributed by atoms with Crippen molar-refractivity contribution in [2.24, 2.45) is 5.73 Å². The maximum absolute atomic E-state index is 12.1. The van der Waals surface area contributed by atoms with E-state index in [0.29, 0.717) is 17.1 Å². The molecule has 0 aromatic carbocycles. The minimum absolute atomic E-state index is 0.229. The number of hydrogen-bond donors (Lipinski definition) is 1. The first-order chi connectivity index (χ1) is 6.30. The number of halogens is 3. The van der Waals surface area contributed by atoms with E-state index in [1.54, 1.807) is 19.9 Å². The van der Waals surface area contributed by atoms with Crippen molar-refractivity contribution in [3.63, 3.8) is 0 Å². The molecule has 1 unspecified atom stereocenters. The van der Waals surface area contributed by atoms with Crippen LogP contribution in [0.15, 0.2) is 10.5 Å². The third kappa shape index (κ3) is 2.51. The number of furan rings is 1. The molecule has 0 saturated carbocycles. The lowest BCUT2D eigenvalue weighted by atomic mass is 10.1. The molecule has 1 aromatic rings. The van der Waals surface area contributed by atoms with E-state index in [1.807, 2.05) is 0 Å². The topological polar surface area (TPSA) is 39.2 Å². The van der Waals surface area contributed by atoms with Crippen LogP contribution in [-0.2, 0) is 6.42 Å². The van der Waals surface area contributed by atoms with Gasteiger partial charge in [0.25, 0.3) is 0 Å². The Labute approximate surface area is 79.9 Å². The summed E-state index contributed by atoms with van der Waals surface area (Å²) in [5, 5.41) is 0. The Balaban J connectivity index is 2.74. The third-order valence-corrected chi connectivity index (χ3v) is 2.00. The molecule has 80 valence electrons. The minimum atomic E-state index is -4.35. The van der Waals surface area contributed by atoms with Crippen LogP contribution in [0, 0.1) is 13.8 Å². The van der Waals surface area contributed by atoms with Gasteiger partial charge >= 0.3 is 6.18 Å². The van der Waals surface area contributed by atoms with Gasteiger partial charge in [-0.1, -0.05) is 0 Å². The highest BCUT2D eigenvalue weighted by atomic mass is 19.4. The SMILES string of the molecule is Cc1cc(CC(N)C(F)(F)F)c(C)o1. The van der Waals surface area contributed by atoms with Gasteiger partial charge in [0.15, 0.2) is 0 Å². The Hall–Kier alpha value is -0.970. The molecule has 14 heavy (non-hydrogen) atoms. The van der Waals surface area contributed by atoms with Gasteiger partial charge in [-0.3, -0.25) is 0 Å². The van der Waals surface area contributed by atoms with E-state index >= 15 is 0 Å². The van der Waals surface area contributed by atoms with Crippen LogP contribution in [0.4, 0.5) is 13.2 Å². The van der Waals surface area contributed by atoms with Gasteiger partial charge in [0.05, 0.1) is 0 Å².